The van der Waals surface area contributed by atoms with E-state index < -0.39 is 0 Å². The Kier molecular flexibility index (Phi) is 2.38. The Bertz CT molecular complexity index is 55.0. The maximum Gasteiger partial charge on any atom is 0.0573 e. The first-order valence-corrected chi connectivity index (χ1v) is 1.94. The summed E-state index contributed by atoms with van der Waals surface area (Å²) in [5, 5.41) is 10.1. The molecule has 1 heteroatoms. The van der Waals surface area contributed by atoms with Crippen molar-refractivity contribution in [2.45, 2.75) is 13.8 Å². The molecule has 0 amide bonds. The van der Waals surface area contributed by atoms with Gasteiger partial charge in [-0.3, -0.25) is 0 Å². The molecule has 0 aromatic rings. The molecule has 0 saturated heterocycles. The number of hydrogen-bond acceptors (Lipinski definition) is 1. The summed E-state index contributed by atoms with van der Waals surface area (Å²) in [6.07, 6.45) is 3.06. The van der Waals surface area contributed by atoms with Crippen molar-refractivity contribution >= 4 is 0 Å². The van der Waals surface area contributed by atoms with Crippen molar-refractivity contribution in [2.75, 3.05) is 0 Å². The van der Waals surface area contributed by atoms with Crippen LogP contribution in [-0.2, 0) is 0 Å². The Morgan fingerprint density at radius 1 is 1.83 bits per heavy atom. The summed E-state index contributed by atoms with van der Waals surface area (Å²) >= 11 is 0. The van der Waals surface area contributed by atoms with E-state index in [1.54, 1.807) is 13.8 Å². The average Bonchev–Trinajstić information content (AvgIpc) is 1.65. The predicted octanol–water partition coefficient (Wildman–Crippen LogP) is 0.475. The largest absolute Gasteiger partial charge is 0.842 e. The van der Waals surface area contributed by atoms with Crippen LogP contribution in [0, 0.1) is 6.42 Å². The van der Waals surface area contributed by atoms with Crippen LogP contribution in [0.4, 0.5) is 0 Å². The predicted molar refractivity (Wildman–Crippen MR) is 23.7 cm³/mol. The van der Waals surface area contributed by atoms with E-state index in [1.807, 2.05) is 0 Å². The fraction of sp³-hybridized carbons (Fsp3) is 0.400. The van der Waals surface area contributed by atoms with Crippen LogP contribution in [-0.4, -0.2) is 0 Å². The average molecular weight is 84.1 g/mol. The van der Waals surface area contributed by atoms with E-state index in [4.69, 9.17) is 0 Å². The minimum atomic E-state index is 0.0926. The van der Waals surface area contributed by atoms with Gasteiger partial charge in [0.15, 0.2) is 0 Å². The van der Waals surface area contributed by atoms with Crippen LogP contribution >= 0.6 is 0 Å². The van der Waals surface area contributed by atoms with Crippen LogP contribution in [0.3, 0.4) is 0 Å². The molecule has 0 rings (SSSR count). The van der Waals surface area contributed by atoms with Crippen molar-refractivity contribution < 1.29 is 5.11 Å². The lowest BCUT2D eigenvalue weighted by Crippen LogP contribution is -2.00. The summed E-state index contributed by atoms with van der Waals surface area (Å²) in [5.74, 6) is 0.0926. The van der Waals surface area contributed by atoms with Gasteiger partial charge >= 0.3 is 0 Å². The van der Waals surface area contributed by atoms with Gasteiger partial charge in [-0.2, -0.15) is 0 Å². The van der Waals surface area contributed by atoms with E-state index >= 15 is 0 Å². The van der Waals surface area contributed by atoms with Crippen molar-refractivity contribution in [3.05, 3.63) is 18.3 Å². The summed E-state index contributed by atoms with van der Waals surface area (Å²) in [7, 11) is 0. The molecular weight excluding hydrogens is 76.1 g/mol. The van der Waals surface area contributed by atoms with Gasteiger partial charge in [0, 0.05) is 26.3 Å². The maximum absolute atomic E-state index is 10.1. The normalized spacial score (nSPS) is 11.3. The molecular formula is C5H8O. The van der Waals surface area contributed by atoms with E-state index in [0.717, 1.165) is 0 Å². The van der Waals surface area contributed by atoms with Gasteiger partial charge < -0.3 is 5.11 Å². The number of rotatable bonds is 1. The highest BCUT2D eigenvalue weighted by atomic mass is 16.3. The summed E-state index contributed by atoms with van der Waals surface area (Å²) in [6, 6.07) is 0. The van der Waals surface area contributed by atoms with Crippen LogP contribution in [0.15, 0.2) is 11.8 Å². The van der Waals surface area contributed by atoms with Crippen molar-refractivity contribution in [3.63, 3.8) is 0 Å². The van der Waals surface area contributed by atoms with Crippen LogP contribution in [0.5, 0.6) is 0 Å². The van der Waals surface area contributed by atoms with Crippen molar-refractivity contribution in [1.82, 2.24) is 0 Å². The molecule has 0 aliphatic rings. The SMILES string of the molecule is C/C=C(\[O-])[CH+]C. The topological polar surface area (TPSA) is 23.1 Å². The van der Waals surface area contributed by atoms with Gasteiger partial charge in [-0.05, 0) is 0 Å². The van der Waals surface area contributed by atoms with E-state index in [9.17, 15) is 5.11 Å². The summed E-state index contributed by atoms with van der Waals surface area (Å²) < 4.78 is 0. The minimum absolute atomic E-state index is 0.0926. The van der Waals surface area contributed by atoms with Crippen molar-refractivity contribution in [3.8, 4) is 0 Å². The summed E-state index contributed by atoms with van der Waals surface area (Å²) in [6.45, 7) is 3.45. The molecule has 6 heavy (non-hydrogen) atoms. The molecule has 0 radical (unpaired) electrons. The molecule has 0 aromatic carbocycles. The number of hydrogen-bond donors (Lipinski definition) is 0. The highest BCUT2D eigenvalue weighted by molar-refractivity contribution is 4.96. The van der Waals surface area contributed by atoms with Gasteiger partial charge in [-0.1, -0.05) is 0 Å². The molecule has 0 aromatic heterocycles. The second-order valence-corrected chi connectivity index (χ2v) is 0.980. The zero-order valence-electron chi connectivity index (χ0n) is 4.06. The Labute approximate surface area is 38.3 Å². The van der Waals surface area contributed by atoms with Gasteiger partial charge in [0.05, 0.1) is 5.76 Å². The zero-order valence-corrected chi connectivity index (χ0v) is 4.06. The van der Waals surface area contributed by atoms with Gasteiger partial charge in [0.2, 0.25) is 0 Å². The quantitative estimate of drug-likeness (QED) is 0.334. The van der Waals surface area contributed by atoms with E-state index in [1.165, 1.54) is 12.5 Å². The van der Waals surface area contributed by atoms with Crippen LogP contribution in [0.25, 0.3) is 0 Å². The highest BCUT2D eigenvalue weighted by Gasteiger charge is 1.76. The molecule has 0 atom stereocenters. The van der Waals surface area contributed by atoms with Gasteiger partial charge in [-0.25, -0.2) is 0 Å². The Hall–Kier alpha value is -0.590. The lowest BCUT2D eigenvalue weighted by molar-refractivity contribution is -0.298. The zero-order chi connectivity index (χ0) is 4.99. The fourth-order valence-corrected chi connectivity index (χ4v) is 0.167. The second kappa shape index (κ2) is 2.64. The molecule has 0 aliphatic heterocycles. The second-order valence-electron chi connectivity index (χ2n) is 0.980. The van der Waals surface area contributed by atoms with E-state index in [0.29, 0.717) is 0 Å². The van der Waals surface area contributed by atoms with E-state index in [-0.39, 0.29) is 5.76 Å². The highest BCUT2D eigenvalue weighted by Crippen LogP contribution is 1.83. The first-order valence-electron chi connectivity index (χ1n) is 1.94. The van der Waals surface area contributed by atoms with Crippen molar-refractivity contribution in [1.29, 1.82) is 0 Å². The molecule has 0 unspecified atom stereocenters. The molecule has 0 fully saturated rings. The third-order valence-electron chi connectivity index (χ3n) is 0.569. The van der Waals surface area contributed by atoms with Crippen LogP contribution in [0.1, 0.15) is 13.8 Å². The molecule has 1 nitrogen and oxygen atoms in total. The third kappa shape index (κ3) is 1.70. The Balaban J connectivity index is 3.22. The molecule has 0 N–H and O–H groups in total. The maximum atomic E-state index is 10.1. The Morgan fingerprint density at radius 3 is 2.33 bits per heavy atom. The standard InChI is InChI=1S/C5H8O/c1-3-5(6)4-2/h3-4H,1-2H3/b5-3-. The molecule has 0 aliphatic carbocycles. The molecule has 0 spiro atoms. The van der Waals surface area contributed by atoms with Gasteiger partial charge in [0.1, 0.15) is 0 Å². The minimum Gasteiger partial charge on any atom is -0.842 e. The monoisotopic (exact) mass is 84.1 g/mol. The molecule has 0 saturated carbocycles. The fourth-order valence-electron chi connectivity index (χ4n) is 0.167. The molecule has 34 valence electrons. The van der Waals surface area contributed by atoms with Gasteiger partial charge in [0.25, 0.3) is 0 Å². The third-order valence-corrected chi connectivity index (χ3v) is 0.569. The van der Waals surface area contributed by atoms with Crippen LogP contribution in [0.2, 0.25) is 0 Å². The lowest BCUT2D eigenvalue weighted by Gasteiger charge is -1.92. The number of allylic oxidation sites excluding steroid dienone is 2. The lowest BCUT2D eigenvalue weighted by atomic mass is 10.4. The van der Waals surface area contributed by atoms with Gasteiger partial charge in [-0.15, -0.1) is 0 Å². The van der Waals surface area contributed by atoms with Crippen LogP contribution < -0.4 is 5.11 Å². The Morgan fingerprint density at radius 2 is 2.33 bits per heavy atom. The smallest absolute Gasteiger partial charge is 0.0573 e. The van der Waals surface area contributed by atoms with Crippen molar-refractivity contribution in [2.24, 2.45) is 0 Å². The summed E-state index contributed by atoms with van der Waals surface area (Å²) in [4.78, 5) is 0. The first-order chi connectivity index (χ1) is 2.81. The van der Waals surface area contributed by atoms with E-state index in [2.05, 4.69) is 0 Å². The molecule has 0 heterocycles. The first kappa shape index (κ1) is 5.41. The molecule has 0 bridgehead atoms. The summed E-state index contributed by atoms with van der Waals surface area (Å²) in [5.41, 5.74) is 0.